The lowest BCUT2D eigenvalue weighted by Gasteiger charge is -2.35. The zero-order valence-electron chi connectivity index (χ0n) is 12.7. The molecule has 0 aliphatic carbocycles. The molecule has 1 fully saturated rings. The molecule has 1 atom stereocenters. The van der Waals surface area contributed by atoms with Gasteiger partial charge in [-0.1, -0.05) is 0 Å². The molecule has 0 aromatic carbocycles. The summed E-state index contributed by atoms with van der Waals surface area (Å²) in [5, 5.41) is 12.7. The molecular weight excluding hydrogens is 272 g/mol. The van der Waals surface area contributed by atoms with Crippen molar-refractivity contribution in [3.63, 3.8) is 0 Å². The first-order valence-corrected chi connectivity index (χ1v) is 7.43. The van der Waals surface area contributed by atoms with Gasteiger partial charge in [0.15, 0.2) is 5.82 Å². The fourth-order valence-electron chi connectivity index (χ4n) is 2.27. The van der Waals surface area contributed by atoms with Crippen LogP contribution in [0.3, 0.4) is 0 Å². The van der Waals surface area contributed by atoms with Crippen LogP contribution in [-0.2, 0) is 16.1 Å². The predicted molar refractivity (Wildman–Crippen MR) is 80.6 cm³/mol. The highest BCUT2D eigenvalue weighted by atomic mass is 16.5. The molecular formula is C14H24N4O3. The Morgan fingerprint density at radius 1 is 1.48 bits per heavy atom. The second-order valence-corrected chi connectivity index (χ2v) is 4.80. The van der Waals surface area contributed by atoms with Gasteiger partial charge in [0, 0.05) is 25.8 Å². The fraction of sp³-hybridized carbons (Fsp3) is 0.714. The Morgan fingerprint density at radius 2 is 2.33 bits per heavy atom. The number of hydrogen-bond acceptors (Lipinski definition) is 7. The molecule has 7 heteroatoms. The van der Waals surface area contributed by atoms with Crippen LogP contribution in [0.25, 0.3) is 0 Å². The van der Waals surface area contributed by atoms with E-state index in [2.05, 4.69) is 20.2 Å². The molecule has 0 radical (unpaired) electrons. The molecule has 0 spiro atoms. The van der Waals surface area contributed by atoms with Gasteiger partial charge in [-0.05, 0) is 13.8 Å². The SMILES string of the molecule is CCNc1cc(N2CCOCC2CO)nc(COCC)n1. The zero-order chi connectivity index (χ0) is 15.1. The summed E-state index contributed by atoms with van der Waals surface area (Å²) >= 11 is 0. The third kappa shape index (κ3) is 4.26. The lowest BCUT2D eigenvalue weighted by atomic mass is 10.2. The van der Waals surface area contributed by atoms with Crippen LogP contribution in [0.4, 0.5) is 11.6 Å². The van der Waals surface area contributed by atoms with E-state index in [1.807, 2.05) is 19.9 Å². The number of nitrogens with one attached hydrogen (secondary N) is 1. The number of anilines is 2. The van der Waals surface area contributed by atoms with Gasteiger partial charge < -0.3 is 24.8 Å². The number of rotatable bonds is 7. The van der Waals surface area contributed by atoms with E-state index < -0.39 is 0 Å². The largest absolute Gasteiger partial charge is 0.394 e. The minimum Gasteiger partial charge on any atom is -0.394 e. The topological polar surface area (TPSA) is 79.7 Å². The van der Waals surface area contributed by atoms with Gasteiger partial charge in [0.1, 0.15) is 18.2 Å². The quantitative estimate of drug-likeness (QED) is 0.764. The molecule has 7 nitrogen and oxygen atoms in total. The molecule has 1 aromatic rings. The van der Waals surface area contributed by atoms with E-state index in [4.69, 9.17) is 9.47 Å². The summed E-state index contributed by atoms with van der Waals surface area (Å²) in [4.78, 5) is 11.1. The fourth-order valence-corrected chi connectivity index (χ4v) is 2.27. The molecule has 0 saturated carbocycles. The Hall–Kier alpha value is -1.44. The smallest absolute Gasteiger partial charge is 0.158 e. The molecule has 2 N–H and O–H groups in total. The third-order valence-corrected chi connectivity index (χ3v) is 3.28. The van der Waals surface area contributed by atoms with E-state index in [1.54, 1.807) is 0 Å². The van der Waals surface area contributed by atoms with Crippen LogP contribution in [0, 0.1) is 0 Å². The predicted octanol–water partition coefficient (Wildman–Crippen LogP) is 0.642. The van der Waals surface area contributed by atoms with Crippen molar-refractivity contribution in [2.45, 2.75) is 26.5 Å². The maximum Gasteiger partial charge on any atom is 0.158 e. The Morgan fingerprint density at radius 3 is 3.05 bits per heavy atom. The number of hydrogen-bond donors (Lipinski definition) is 2. The number of nitrogens with zero attached hydrogens (tertiary/aromatic N) is 3. The standard InChI is InChI=1S/C14H24N4O3/c1-3-15-12-7-14(17-13(16-12)10-20-4-2)18-5-6-21-9-11(18)8-19/h7,11,19H,3-6,8-10H2,1-2H3,(H,15,16,17). The molecule has 0 bridgehead atoms. The van der Waals surface area contributed by atoms with Crippen LogP contribution in [-0.4, -0.2) is 60.6 Å². The van der Waals surface area contributed by atoms with Crippen molar-refractivity contribution >= 4 is 11.6 Å². The number of aliphatic hydroxyl groups is 1. The van der Waals surface area contributed by atoms with Crippen molar-refractivity contribution in [2.24, 2.45) is 0 Å². The minimum absolute atomic E-state index is 0.0430. The minimum atomic E-state index is -0.0666. The van der Waals surface area contributed by atoms with Gasteiger partial charge in [0.05, 0.1) is 25.9 Å². The van der Waals surface area contributed by atoms with E-state index in [9.17, 15) is 5.11 Å². The van der Waals surface area contributed by atoms with E-state index in [0.29, 0.717) is 38.8 Å². The summed E-state index contributed by atoms with van der Waals surface area (Å²) in [6, 6.07) is 1.84. The van der Waals surface area contributed by atoms with Gasteiger partial charge in [-0.25, -0.2) is 9.97 Å². The highest BCUT2D eigenvalue weighted by Gasteiger charge is 2.24. The van der Waals surface area contributed by atoms with Crippen LogP contribution < -0.4 is 10.2 Å². The summed E-state index contributed by atoms with van der Waals surface area (Å²) in [7, 11) is 0. The lowest BCUT2D eigenvalue weighted by molar-refractivity contribution is 0.0721. The summed E-state index contributed by atoms with van der Waals surface area (Å²) in [6.07, 6.45) is 0. The first-order valence-electron chi connectivity index (χ1n) is 7.43. The number of morpholine rings is 1. The van der Waals surface area contributed by atoms with Crippen LogP contribution >= 0.6 is 0 Å². The van der Waals surface area contributed by atoms with Gasteiger partial charge in [0.2, 0.25) is 0 Å². The Bertz CT molecular complexity index is 444. The van der Waals surface area contributed by atoms with Crippen molar-refractivity contribution in [3.8, 4) is 0 Å². The summed E-state index contributed by atoms with van der Waals surface area (Å²) in [6.45, 7) is 7.67. The second kappa shape index (κ2) is 8.11. The lowest BCUT2D eigenvalue weighted by Crippen LogP contribution is -2.48. The van der Waals surface area contributed by atoms with Crippen LogP contribution in [0.1, 0.15) is 19.7 Å². The van der Waals surface area contributed by atoms with E-state index in [-0.39, 0.29) is 12.6 Å². The monoisotopic (exact) mass is 296 g/mol. The molecule has 0 amide bonds. The second-order valence-electron chi connectivity index (χ2n) is 4.80. The third-order valence-electron chi connectivity index (χ3n) is 3.28. The average molecular weight is 296 g/mol. The normalized spacial score (nSPS) is 18.8. The van der Waals surface area contributed by atoms with Crippen molar-refractivity contribution in [3.05, 3.63) is 11.9 Å². The van der Waals surface area contributed by atoms with Crippen molar-refractivity contribution in [2.75, 3.05) is 49.7 Å². The van der Waals surface area contributed by atoms with Gasteiger partial charge >= 0.3 is 0 Å². The molecule has 1 aliphatic rings. The Kier molecular flexibility index (Phi) is 6.16. The molecule has 2 rings (SSSR count). The molecule has 1 aliphatic heterocycles. The van der Waals surface area contributed by atoms with Crippen molar-refractivity contribution in [1.82, 2.24) is 9.97 Å². The van der Waals surface area contributed by atoms with Crippen LogP contribution in [0.15, 0.2) is 6.07 Å². The molecule has 1 saturated heterocycles. The maximum atomic E-state index is 9.50. The van der Waals surface area contributed by atoms with Crippen molar-refractivity contribution < 1.29 is 14.6 Å². The summed E-state index contributed by atoms with van der Waals surface area (Å²) in [5.74, 6) is 2.23. The van der Waals surface area contributed by atoms with Crippen LogP contribution in [0.2, 0.25) is 0 Å². The van der Waals surface area contributed by atoms with E-state index in [0.717, 1.165) is 18.2 Å². The first-order chi connectivity index (χ1) is 10.3. The summed E-state index contributed by atoms with van der Waals surface area (Å²) in [5.41, 5.74) is 0. The first kappa shape index (κ1) is 15.9. The van der Waals surface area contributed by atoms with E-state index in [1.165, 1.54) is 0 Å². The highest BCUT2D eigenvalue weighted by molar-refractivity contribution is 5.50. The van der Waals surface area contributed by atoms with Gasteiger partial charge in [-0.15, -0.1) is 0 Å². The molecule has 21 heavy (non-hydrogen) atoms. The molecule has 1 aromatic heterocycles. The van der Waals surface area contributed by atoms with Crippen LogP contribution in [0.5, 0.6) is 0 Å². The Labute approximate surface area is 125 Å². The molecule has 2 heterocycles. The molecule has 118 valence electrons. The van der Waals surface area contributed by atoms with E-state index >= 15 is 0 Å². The molecule has 1 unspecified atom stereocenters. The average Bonchev–Trinajstić information content (AvgIpc) is 2.53. The Balaban J connectivity index is 2.24. The zero-order valence-corrected chi connectivity index (χ0v) is 12.7. The van der Waals surface area contributed by atoms with Gasteiger partial charge in [-0.3, -0.25) is 0 Å². The number of aliphatic hydroxyl groups excluding tert-OH is 1. The van der Waals surface area contributed by atoms with Gasteiger partial charge in [0.25, 0.3) is 0 Å². The highest BCUT2D eigenvalue weighted by Crippen LogP contribution is 2.20. The summed E-state index contributed by atoms with van der Waals surface area (Å²) < 4.78 is 10.8. The van der Waals surface area contributed by atoms with Gasteiger partial charge in [-0.2, -0.15) is 0 Å². The van der Waals surface area contributed by atoms with Crippen molar-refractivity contribution in [1.29, 1.82) is 0 Å². The maximum absolute atomic E-state index is 9.50. The number of ether oxygens (including phenoxy) is 2. The number of aromatic nitrogens is 2.